The third kappa shape index (κ3) is 3.39. The van der Waals surface area contributed by atoms with E-state index in [2.05, 4.69) is 5.32 Å². The zero-order valence-corrected chi connectivity index (χ0v) is 14.6. The number of sulfone groups is 1. The Labute approximate surface area is 146 Å². The number of rotatable bonds is 3. The van der Waals surface area contributed by atoms with Crippen molar-refractivity contribution in [1.29, 1.82) is 0 Å². The van der Waals surface area contributed by atoms with Gasteiger partial charge in [0.15, 0.2) is 9.84 Å². The SMILES string of the molecule is Cc1ccc(NC(=O)N2CC(S(=O)(=O)c3ccc(Cl)cc3)C2)cc1. The molecule has 0 aromatic heterocycles. The Balaban J connectivity index is 1.61. The van der Waals surface area contributed by atoms with Gasteiger partial charge in [-0.05, 0) is 43.3 Å². The van der Waals surface area contributed by atoms with E-state index in [0.717, 1.165) is 5.56 Å². The average molecular weight is 365 g/mol. The van der Waals surface area contributed by atoms with E-state index in [0.29, 0.717) is 10.7 Å². The summed E-state index contributed by atoms with van der Waals surface area (Å²) in [5, 5.41) is 2.67. The number of anilines is 1. The molecule has 1 N–H and O–H groups in total. The van der Waals surface area contributed by atoms with Gasteiger partial charge >= 0.3 is 6.03 Å². The Morgan fingerprint density at radius 3 is 2.25 bits per heavy atom. The lowest BCUT2D eigenvalue weighted by Gasteiger charge is -2.38. The number of aryl methyl sites for hydroxylation is 1. The molecule has 5 nitrogen and oxygen atoms in total. The molecule has 1 aliphatic rings. The van der Waals surface area contributed by atoms with Crippen LogP contribution in [0.5, 0.6) is 0 Å². The summed E-state index contributed by atoms with van der Waals surface area (Å²) < 4.78 is 25.0. The fourth-order valence-electron chi connectivity index (χ4n) is 2.46. The van der Waals surface area contributed by atoms with Gasteiger partial charge in [-0.15, -0.1) is 0 Å². The predicted octanol–water partition coefficient (Wildman–Crippen LogP) is 3.34. The molecule has 2 amide bonds. The quantitative estimate of drug-likeness (QED) is 0.908. The molecule has 2 aromatic rings. The van der Waals surface area contributed by atoms with E-state index in [1.165, 1.54) is 17.0 Å². The van der Waals surface area contributed by atoms with E-state index >= 15 is 0 Å². The first-order chi connectivity index (χ1) is 11.4. The van der Waals surface area contributed by atoms with Crippen LogP contribution in [0.25, 0.3) is 0 Å². The summed E-state index contributed by atoms with van der Waals surface area (Å²) in [7, 11) is -3.44. The summed E-state index contributed by atoms with van der Waals surface area (Å²) in [5.74, 6) is 0. The van der Waals surface area contributed by atoms with Gasteiger partial charge in [0.25, 0.3) is 0 Å². The van der Waals surface area contributed by atoms with Gasteiger partial charge in [-0.3, -0.25) is 0 Å². The highest BCUT2D eigenvalue weighted by Crippen LogP contribution is 2.25. The van der Waals surface area contributed by atoms with Gasteiger partial charge in [-0.2, -0.15) is 0 Å². The number of urea groups is 1. The van der Waals surface area contributed by atoms with Crippen molar-refractivity contribution in [1.82, 2.24) is 4.90 Å². The number of hydrogen-bond donors (Lipinski definition) is 1. The molecule has 2 aromatic carbocycles. The molecule has 1 saturated heterocycles. The van der Waals surface area contributed by atoms with E-state index in [1.807, 2.05) is 31.2 Å². The van der Waals surface area contributed by atoms with Crippen molar-refractivity contribution in [3.63, 3.8) is 0 Å². The van der Waals surface area contributed by atoms with Crippen LogP contribution in [-0.2, 0) is 9.84 Å². The average Bonchev–Trinajstić information content (AvgIpc) is 2.48. The van der Waals surface area contributed by atoms with E-state index < -0.39 is 15.1 Å². The minimum Gasteiger partial charge on any atom is -0.322 e. The zero-order valence-electron chi connectivity index (χ0n) is 13.1. The van der Waals surface area contributed by atoms with Crippen LogP contribution in [0.4, 0.5) is 10.5 Å². The first-order valence-electron chi connectivity index (χ1n) is 7.48. The molecule has 126 valence electrons. The number of benzene rings is 2. The van der Waals surface area contributed by atoms with E-state index in [-0.39, 0.29) is 24.0 Å². The van der Waals surface area contributed by atoms with E-state index in [4.69, 9.17) is 11.6 Å². The Morgan fingerprint density at radius 1 is 1.08 bits per heavy atom. The first-order valence-corrected chi connectivity index (χ1v) is 9.41. The third-order valence-corrected chi connectivity index (χ3v) is 6.38. The molecule has 1 fully saturated rings. The normalized spacial score (nSPS) is 15.0. The topological polar surface area (TPSA) is 66.5 Å². The van der Waals surface area contributed by atoms with Gasteiger partial charge in [0.05, 0.1) is 4.90 Å². The molecule has 0 saturated carbocycles. The van der Waals surface area contributed by atoms with Crippen LogP contribution in [0.3, 0.4) is 0 Å². The van der Waals surface area contributed by atoms with Crippen molar-refractivity contribution in [3.05, 3.63) is 59.1 Å². The zero-order chi connectivity index (χ0) is 17.3. The fourth-order valence-corrected chi connectivity index (χ4v) is 4.24. The molecular formula is C17H17ClN2O3S. The van der Waals surface area contributed by atoms with Crippen molar-refractivity contribution in [3.8, 4) is 0 Å². The highest BCUT2D eigenvalue weighted by atomic mass is 35.5. The van der Waals surface area contributed by atoms with E-state index in [1.54, 1.807) is 12.1 Å². The second-order valence-electron chi connectivity index (χ2n) is 5.82. The van der Waals surface area contributed by atoms with Crippen LogP contribution in [0.2, 0.25) is 5.02 Å². The van der Waals surface area contributed by atoms with Gasteiger partial charge in [0.1, 0.15) is 5.25 Å². The van der Waals surface area contributed by atoms with E-state index in [9.17, 15) is 13.2 Å². The van der Waals surface area contributed by atoms with Gasteiger partial charge in [0, 0.05) is 23.8 Å². The number of carbonyl (C=O) groups excluding carboxylic acids is 1. The van der Waals surface area contributed by atoms with Crippen molar-refractivity contribution in [2.75, 3.05) is 18.4 Å². The summed E-state index contributed by atoms with van der Waals surface area (Å²) >= 11 is 5.78. The number of halogens is 1. The van der Waals surface area contributed by atoms with Crippen molar-refractivity contribution >= 4 is 33.2 Å². The molecule has 7 heteroatoms. The molecule has 0 bridgehead atoms. The van der Waals surface area contributed by atoms with Gasteiger partial charge in [0.2, 0.25) is 0 Å². The van der Waals surface area contributed by atoms with Crippen molar-refractivity contribution in [2.24, 2.45) is 0 Å². The summed E-state index contributed by atoms with van der Waals surface area (Å²) in [6.45, 7) is 2.33. The molecule has 0 unspecified atom stereocenters. The highest BCUT2D eigenvalue weighted by Gasteiger charge is 2.40. The van der Waals surface area contributed by atoms with Crippen LogP contribution in [0.1, 0.15) is 5.56 Å². The summed E-state index contributed by atoms with van der Waals surface area (Å²) in [5.41, 5.74) is 1.79. The minimum atomic E-state index is -3.44. The van der Waals surface area contributed by atoms with Crippen LogP contribution in [0.15, 0.2) is 53.4 Å². The third-order valence-electron chi connectivity index (χ3n) is 4.02. The molecule has 1 aliphatic heterocycles. The molecule has 0 aliphatic carbocycles. The van der Waals surface area contributed by atoms with Gasteiger partial charge in [-0.25, -0.2) is 13.2 Å². The second-order valence-corrected chi connectivity index (χ2v) is 8.49. The lowest BCUT2D eigenvalue weighted by atomic mass is 10.2. The maximum absolute atomic E-state index is 12.5. The Hall–Kier alpha value is -2.05. The Bertz CT molecular complexity index is 842. The van der Waals surface area contributed by atoms with Crippen LogP contribution >= 0.6 is 11.6 Å². The number of amides is 2. The van der Waals surface area contributed by atoms with Crippen LogP contribution in [0, 0.1) is 6.92 Å². The largest absolute Gasteiger partial charge is 0.322 e. The molecule has 0 atom stereocenters. The molecule has 0 radical (unpaired) electrons. The number of carbonyl (C=O) groups is 1. The van der Waals surface area contributed by atoms with Gasteiger partial charge in [-0.1, -0.05) is 29.3 Å². The fraction of sp³-hybridized carbons (Fsp3) is 0.235. The standard InChI is InChI=1S/C17H17ClN2O3S/c1-12-2-6-14(7-3-12)19-17(21)20-10-16(11-20)24(22,23)15-8-4-13(18)5-9-15/h2-9,16H,10-11H2,1H3,(H,19,21). The molecular weight excluding hydrogens is 348 g/mol. The Morgan fingerprint density at radius 2 is 1.67 bits per heavy atom. The lowest BCUT2D eigenvalue weighted by Crippen LogP contribution is -2.58. The minimum absolute atomic E-state index is 0.183. The molecule has 1 heterocycles. The van der Waals surface area contributed by atoms with Crippen LogP contribution in [-0.4, -0.2) is 37.7 Å². The number of nitrogens with one attached hydrogen (secondary N) is 1. The lowest BCUT2D eigenvalue weighted by molar-refractivity contribution is 0.182. The second kappa shape index (κ2) is 6.45. The van der Waals surface area contributed by atoms with Crippen molar-refractivity contribution in [2.45, 2.75) is 17.1 Å². The van der Waals surface area contributed by atoms with Crippen LogP contribution < -0.4 is 5.32 Å². The predicted molar refractivity (Wildman–Crippen MR) is 94.2 cm³/mol. The highest BCUT2D eigenvalue weighted by molar-refractivity contribution is 7.92. The molecule has 0 spiro atoms. The Kier molecular flexibility index (Phi) is 4.51. The first kappa shape index (κ1) is 16.8. The number of nitrogens with zero attached hydrogens (tertiary/aromatic N) is 1. The molecule has 3 rings (SSSR count). The monoisotopic (exact) mass is 364 g/mol. The van der Waals surface area contributed by atoms with Gasteiger partial charge < -0.3 is 10.2 Å². The summed E-state index contributed by atoms with van der Waals surface area (Å²) in [4.78, 5) is 13.9. The smallest absolute Gasteiger partial charge is 0.321 e. The summed E-state index contributed by atoms with van der Waals surface area (Å²) in [6.07, 6.45) is 0. The molecule has 24 heavy (non-hydrogen) atoms. The maximum atomic E-state index is 12.5. The number of likely N-dealkylation sites (tertiary alicyclic amines) is 1. The maximum Gasteiger partial charge on any atom is 0.321 e. The summed E-state index contributed by atoms with van der Waals surface area (Å²) in [6, 6.07) is 13.2. The van der Waals surface area contributed by atoms with Crippen molar-refractivity contribution < 1.29 is 13.2 Å². The number of hydrogen-bond acceptors (Lipinski definition) is 3.